The Morgan fingerprint density at radius 1 is 1.40 bits per heavy atom. The molecule has 8 heteroatoms. The van der Waals surface area contributed by atoms with Crippen LogP contribution in [-0.4, -0.2) is 26.7 Å². The fourth-order valence-corrected chi connectivity index (χ4v) is 1.98. The van der Waals surface area contributed by atoms with Gasteiger partial charge < -0.3 is 11.1 Å². The van der Waals surface area contributed by atoms with E-state index >= 15 is 0 Å². The van der Waals surface area contributed by atoms with E-state index < -0.39 is 16.9 Å². The average molecular weight is 283 g/mol. The molecule has 0 spiro atoms. The molecule has 0 aliphatic heterocycles. The number of amides is 1. The van der Waals surface area contributed by atoms with Gasteiger partial charge >= 0.3 is 5.69 Å². The van der Waals surface area contributed by atoms with E-state index in [2.05, 4.69) is 10.4 Å². The molecule has 1 amide bonds. The first kappa shape index (κ1) is 15.9. The summed E-state index contributed by atoms with van der Waals surface area (Å²) in [4.78, 5) is 22.2. The van der Waals surface area contributed by atoms with E-state index in [-0.39, 0.29) is 23.3 Å². The average Bonchev–Trinajstić information content (AvgIpc) is 2.62. The molecule has 0 aliphatic rings. The van der Waals surface area contributed by atoms with Gasteiger partial charge in [0.05, 0.1) is 4.92 Å². The highest BCUT2D eigenvalue weighted by Crippen LogP contribution is 2.33. The van der Waals surface area contributed by atoms with Gasteiger partial charge in [-0.3, -0.25) is 14.9 Å². The summed E-state index contributed by atoms with van der Waals surface area (Å²) in [5.41, 5.74) is 5.61. The molecule has 1 unspecified atom stereocenters. The maximum atomic E-state index is 11.4. The Morgan fingerprint density at radius 2 is 1.95 bits per heavy atom. The number of nitro groups is 1. The minimum Gasteiger partial charge on any atom is -0.368 e. The molecule has 0 radical (unpaired) electrons. The highest BCUT2D eigenvalue weighted by Gasteiger charge is 2.31. The lowest BCUT2D eigenvalue weighted by Crippen LogP contribution is -2.40. The van der Waals surface area contributed by atoms with E-state index in [0.29, 0.717) is 5.69 Å². The smallest absolute Gasteiger partial charge is 0.334 e. The van der Waals surface area contributed by atoms with Crippen molar-refractivity contribution in [2.75, 3.05) is 5.32 Å². The predicted octanol–water partition coefficient (Wildman–Crippen LogP) is 1.37. The molecule has 3 N–H and O–H groups in total. The number of carbonyl (C=O) groups excluding carboxylic acids is 1. The number of rotatable bonds is 6. The monoisotopic (exact) mass is 283 g/mol. The van der Waals surface area contributed by atoms with E-state index in [1.54, 1.807) is 7.05 Å². The summed E-state index contributed by atoms with van der Waals surface area (Å²) in [7, 11) is 1.60. The van der Waals surface area contributed by atoms with Crippen molar-refractivity contribution in [2.24, 2.45) is 18.7 Å². The minimum absolute atomic E-state index is 0.0931. The van der Waals surface area contributed by atoms with Gasteiger partial charge in [0.2, 0.25) is 11.7 Å². The zero-order valence-corrected chi connectivity index (χ0v) is 12.4. The van der Waals surface area contributed by atoms with E-state index in [0.717, 1.165) is 0 Å². The van der Waals surface area contributed by atoms with Crippen molar-refractivity contribution in [1.29, 1.82) is 0 Å². The van der Waals surface area contributed by atoms with Crippen LogP contribution in [0.25, 0.3) is 0 Å². The first-order chi connectivity index (χ1) is 9.16. The molecule has 20 heavy (non-hydrogen) atoms. The van der Waals surface area contributed by atoms with Crippen LogP contribution in [0.15, 0.2) is 0 Å². The van der Waals surface area contributed by atoms with E-state index in [9.17, 15) is 14.9 Å². The Kier molecular flexibility index (Phi) is 4.69. The summed E-state index contributed by atoms with van der Waals surface area (Å²) in [6.45, 7) is 7.28. The van der Waals surface area contributed by atoms with Gasteiger partial charge in [-0.15, -0.1) is 0 Å². The maximum absolute atomic E-state index is 11.4. The molecular weight excluding hydrogens is 262 g/mol. The molecule has 0 fully saturated rings. The van der Waals surface area contributed by atoms with Crippen LogP contribution in [0.1, 0.15) is 39.3 Å². The Balaban J connectivity index is 3.30. The largest absolute Gasteiger partial charge is 0.368 e. The van der Waals surface area contributed by atoms with Gasteiger partial charge in [0.1, 0.15) is 11.7 Å². The van der Waals surface area contributed by atoms with E-state index in [1.165, 1.54) is 4.68 Å². The second kappa shape index (κ2) is 5.89. The zero-order chi connectivity index (χ0) is 15.6. The topological polar surface area (TPSA) is 116 Å². The van der Waals surface area contributed by atoms with Crippen LogP contribution in [0, 0.1) is 16.0 Å². The van der Waals surface area contributed by atoms with E-state index in [4.69, 9.17) is 5.73 Å². The Morgan fingerprint density at radius 3 is 2.30 bits per heavy atom. The highest BCUT2D eigenvalue weighted by atomic mass is 16.6. The molecule has 1 atom stereocenters. The first-order valence-electron chi connectivity index (χ1n) is 6.43. The second-order valence-electron chi connectivity index (χ2n) is 5.39. The van der Waals surface area contributed by atoms with Crippen LogP contribution < -0.4 is 11.1 Å². The lowest BCUT2D eigenvalue weighted by atomic mass is 10.0. The Labute approximate surface area is 117 Å². The van der Waals surface area contributed by atoms with Crippen LogP contribution in [0.5, 0.6) is 0 Å². The van der Waals surface area contributed by atoms with Gasteiger partial charge in [-0.2, -0.15) is 5.10 Å². The van der Waals surface area contributed by atoms with Gasteiger partial charge in [-0.1, -0.05) is 27.7 Å². The summed E-state index contributed by atoms with van der Waals surface area (Å²) in [5.74, 6) is -0.537. The summed E-state index contributed by atoms with van der Waals surface area (Å²) in [5, 5.41) is 18.3. The van der Waals surface area contributed by atoms with Crippen LogP contribution >= 0.6 is 0 Å². The van der Waals surface area contributed by atoms with Gasteiger partial charge in [-0.25, -0.2) is 4.68 Å². The van der Waals surface area contributed by atoms with Gasteiger partial charge in [0, 0.05) is 13.0 Å². The zero-order valence-electron chi connectivity index (χ0n) is 12.4. The number of hydrogen-bond acceptors (Lipinski definition) is 5. The fraction of sp³-hybridized carbons (Fsp3) is 0.667. The Hall–Kier alpha value is -2.12. The summed E-state index contributed by atoms with van der Waals surface area (Å²) in [6.07, 6.45) is 0. The molecule has 0 aliphatic carbocycles. The molecule has 1 aromatic rings. The van der Waals surface area contributed by atoms with Crippen LogP contribution in [0.3, 0.4) is 0 Å². The molecule has 1 aromatic heterocycles. The standard InChI is InChI=1S/C12H21N5O3/c1-6(2)8-10(17(19)20)12(16(5)15-8)14-9(7(3)4)11(13)18/h6-7,9,14H,1-5H3,(H2,13,18). The van der Waals surface area contributed by atoms with Crippen molar-refractivity contribution in [1.82, 2.24) is 9.78 Å². The quantitative estimate of drug-likeness (QED) is 0.604. The summed E-state index contributed by atoms with van der Waals surface area (Å²) >= 11 is 0. The number of nitrogens with one attached hydrogen (secondary N) is 1. The number of nitrogens with zero attached hydrogens (tertiary/aromatic N) is 3. The lowest BCUT2D eigenvalue weighted by Gasteiger charge is -2.19. The Bertz CT molecular complexity index is 521. The van der Waals surface area contributed by atoms with Crippen LogP contribution in [-0.2, 0) is 11.8 Å². The third kappa shape index (κ3) is 3.06. The SMILES string of the molecule is CC(C)c1nn(C)c(NC(C(N)=O)C(C)C)c1[N+](=O)[O-]. The van der Waals surface area contributed by atoms with Gasteiger partial charge in [-0.05, 0) is 5.92 Å². The molecule has 1 heterocycles. The predicted molar refractivity (Wildman–Crippen MR) is 75.4 cm³/mol. The van der Waals surface area contributed by atoms with Gasteiger partial charge in [0.25, 0.3) is 0 Å². The molecule has 0 aromatic carbocycles. The number of aromatic nitrogens is 2. The van der Waals surface area contributed by atoms with Crippen molar-refractivity contribution >= 4 is 17.4 Å². The molecule has 0 saturated heterocycles. The van der Waals surface area contributed by atoms with Crippen molar-refractivity contribution in [3.8, 4) is 0 Å². The van der Waals surface area contributed by atoms with Crippen LogP contribution in [0.2, 0.25) is 0 Å². The normalized spacial score (nSPS) is 12.8. The number of nitrogens with two attached hydrogens (primary N) is 1. The lowest BCUT2D eigenvalue weighted by molar-refractivity contribution is -0.384. The molecule has 112 valence electrons. The third-order valence-corrected chi connectivity index (χ3v) is 3.04. The number of primary amides is 1. The van der Waals surface area contributed by atoms with Crippen molar-refractivity contribution in [2.45, 2.75) is 39.7 Å². The number of carbonyl (C=O) groups is 1. The number of aryl methyl sites for hydroxylation is 1. The molecule has 1 rings (SSSR count). The first-order valence-corrected chi connectivity index (χ1v) is 6.43. The number of anilines is 1. The van der Waals surface area contributed by atoms with Gasteiger partial charge in [0.15, 0.2) is 0 Å². The summed E-state index contributed by atoms with van der Waals surface area (Å²) in [6, 6.07) is -0.691. The minimum atomic E-state index is -0.691. The number of hydrogen-bond donors (Lipinski definition) is 2. The maximum Gasteiger partial charge on any atom is 0.334 e. The summed E-state index contributed by atoms with van der Waals surface area (Å²) < 4.78 is 1.38. The second-order valence-corrected chi connectivity index (χ2v) is 5.39. The molecule has 8 nitrogen and oxygen atoms in total. The van der Waals surface area contributed by atoms with Crippen molar-refractivity contribution in [3.63, 3.8) is 0 Å². The highest BCUT2D eigenvalue weighted by molar-refractivity contribution is 5.84. The van der Waals surface area contributed by atoms with Crippen molar-refractivity contribution in [3.05, 3.63) is 15.8 Å². The molecular formula is C12H21N5O3. The molecule has 0 bridgehead atoms. The molecule has 0 saturated carbocycles. The van der Waals surface area contributed by atoms with Crippen LogP contribution in [0.4, 0.5) is 11.5 Å². The third-order valence-electron chi connectivity index (χ3n) is 3.04. The fourth-order valence-electron chi connectivity index (χ4n) is 1.98. The van der Waals surface area contributed by atoms with E-state index in [1.807, 2.05) is 27.7 Å². The van der Waals surface area contributed by atoms with Crippen molar-refractivity contribution < 1.29 is 9.72 Å².